The molecule has 1 aliphatic rings. The molecule has 2 heterocycles. The lowest BCUT2D eigenvalue weighted by molar-refractivity contribution is 0.0170. The Bertz CT molecular complexity index is 780. The fourth-order valence-electron chi connectivity index (χ4n) is 3.61. The van der Waals surface area contributed by atoms with Gasteiger partial charge in [0.15, 0.2) is 5.96 Å². The molecule has 1 aliphatic heterocycles. The van der Waals surface area contributed by atoms with Crippen molar-refractivity contribution in [1.82, 2.24) is 20.7 Å². The molecule has 0 radical (unpaired) electrons. The lowest BCUT2D eigenvalue weighted by Crippen LogP contribution is -2.46. The van der Waals surface area contributed by atoms with Crippen molar-refractivity contribution in [1.29, 1.82) is 0 Å². The molecule has 2 N–H and O–H groups in total. The van der Waals surface area contributed by atoms with Crippen molar-refractivity contribution < 1.29 is 13.7 Å². The number of hydrogen-bond donors (Lipinski definition) is 2. The molecule has 1 saturated heterocycles. The molecule has 0 saturated carbocycles. The summed E-state index contributed by atoms with van der Waals surface area (Å²) in [5, 5.41) is 10.8. The minimum absolute atomic E-state index is 0.112. The standard InChI is InChI=1S/C21H30FN5O2/c1-15-19(16(2)29-26-15)8-9-24-21(23-3)25-14-20(27-10-12-28-13-11-27)17-4-6-18(22)7-5-17/h4-7,20H,8-14H2,1-3H3,(H2,23,24,25). The number of morpholine rings is 1. The first-order valence-corrected chi connectivity index (χ1v) is 10.0. The highest BCUT2D eigenvalue weighted by atomic mass is 19.1. The van der Waals surface area contributed by atoms with E-state index in [2.05, 4.69) is 25.7 Å². The first-order valence-electron chi connectivity index (χ1n) is 10.0. The van der Waals surface area contributed by atoms with Crippen LogP contribution in [0.1, 0.15) is 28.6 Å². The summed E-state index contributed by atoms with van der Waals surface area (Å²) in [6.07, 6.45) is 0.812. The number of rotatable bonds is 7. The monoisotopic (exact) mass is 403 g/mol. The van der Waals surface area contributed by atoms with E-state index < -0.39 is 0 Å². The SMILES string of the molecule is CN=C(NCCc1c(C)noc1C)NCC(c1ccc(F)cc1)N1CCOCC1. The molecule has 2 aromatic rings. The van der Waals surface area contributed by atoms with Crippen molar-refractivity contribution in [3.05, 3.63) is 52.7 Å². The Morgan fingerprint density at radius 1 is 1.21 bits per heavy atom. The van der Waals surface area contributed by atoms with Gasteiger partial charge in [-0.25, -0.2) is 4.39 Å². The normalized spacial score (nSPS) is 16.6. The number of nitrogens with one attached hydrogen (secondary N) is 2. The Hall–Kier alpha value is -2.45. The van der Waals surface area contributed by atoms with E-state index in [0.29, 0.717) is 19.8 Å². The first kappa shape index (κ1) is 21.3. The maximum atomic E-state index is 13.4. The highest BCUT2D eigenvalue weighted by molar-refractivity contribution is 5.79. The van der Waals surface area contributed by atoms with E-state index in [1.165, 1.54) is 12.1 Å². The van der Waals surface area contributed by atoms with E-state index >= 15 is 0 Å². The Labute approximate surface area is 171 Å². The van der Waals surface area contributed by atoms with Gasteiger partial charge in [0.1, 0.15) is 11.6 Å². The molecule has 0 spiro atoms. The summed E-state index contributed by atoms with van der Waals surface area (Å²) in [6.45, 7) is 8.39. The molecule has 1 aromatic heterocycles. The Kier molecular flexibility index (Phi) is 7.60. The van der Waals surface area contributed by atoms with Gasteiger partial charge in [0, 0.05) is 38.8 Å². The number of benzene rings is 1. The van der Waals surface area contributed by atoms with Crippen LogP contribution in [0.2, 0.25) is 0 Å². The van der Waals surface area contributed by atoms with Gasteiger partial charge in [-0.1, -0.05) is 17.3 Å². The van der Waals surface area contributed by atoms with Crippen LogP contribution in [0.4, 0.5) is 4.39 Å². The summed E-state index contributed by atoms with van der Waals surface area (Å²) < 4.78 is 24.1. The summed E-state index contributed by atoms with van der Waals surface area (Å²) in [6, 6.07) is 6.84. The number of ether oxygens (including phenoxy) is 1. The van der Waals surface area contributed by atoms with E-state index in [9.17, 15) is 4.39 Å². The molecular weight excluding hydrogens is 373 g/mol. The quantitative estimate of drug-likeness (QED) is 0.545. The molecule has 1 aromatic carbocycles. The van der Waals surface area contributed by atoms with Crippen molar-refractivity contribution in [2.45, 2.75) is 26.3 Å². The molecule has 0 bridgehead atoms. The zero-order valence-corrected chi connectivity index (χ0v) is 17.4. The van der Waals surface area contributed by atoms with Crippen LogP contribution < -0.4 is 10.6 Å². The summed E-state index contributed by atoms with van der Waals surface area (Å²) in [4.78, 5) is 6.69. The Balaban J connectivity index is 1.58. The Morgan fingerprint density at radius 2 is 1.93 bits per heavy atom. The third kappa shape index (κ3) is 5.77. The van der Waals surface area contributed by atoms with Crippen molar-refractivity contribution in [3.63, 3.8) is 0 Å². The molecule has 1 fully saturated rings. The summed E-state index contributed by atoms with van der Waals surface area (Å²) >= 11 is 0. The molecular formula is C21H30FN5O2. The maximum Gasteiger partial charge on any atom is 0.191 e. The Morgan fingerprint density at radius 3 is 2.55 bits per heavy atom. The number of hydrogen-bond acceptors (Lipinski definition) is 5. The molecule has 3 rings (SSSR count). The largest absolute Gasteiger partial charge is 0.379 e. The van der Waals surface area contributed by atoms with Crippen molar-refractivity contribution in [2.24, 2.45) is 4.99 Å². The second kappa shape index (κ2) is 10.4. The van der Waals surface area contributed by atoms with Crippen molar-refractivity contribution >= 4 is 5.96 Å². The average molecular weight is 404 g/mol. The molecule has 29 heavy (non-hydrogen) atoms. The number of aromatic nitrogens is 1. The van der Waals surface area contributed by atoms with Crippen LogP contribution in [0, 0.1) is 19.7 Å². The summed E-state index contributed by atoms with van der Waals surface area (Å²) in [5.41, 5.74) is 3.13. The van der Waals surface area contributed by atoms with Crippen LogP contribution in [0.15, 0.2) is 33.8 Å². The zero-order valence-electron chi connectivity index (χ0n) is 17.4. The van der Waals surface area contributed by atoms with E-state index in [1.54, 1.807) is 7.05 Å². The highest BCUT2D eigenvalue weighted by Crippen LogP contribution is 2.21. The number of aliphatic imine (C=N–C) groups is 1. The van der Waals surface area contributed by atoms with E-state index in [4.69, 9.17) is 9.26 Å². The second-order valence-electron chi connectivity index (χ2n) is 7.15. The minimum atomic E-state index is -0.223. The number of halogens is 1. The fourth-order valence-corrected chi connectivity index (χ4v) is 3.61. The predicted octanol–water partition coefficient (Wildman–Crippen LogP) is 2.21. The molecule has 1 unspecified atom stereocenters. The average Bonchev–Trinajstić information content (AvgIpc) is 3.06. The third-order valence-electron chi connectivity index (χ3n) is 5.28. The molecule has 7 nitrogen and oxygen atoms in total. The van der Waals surface area contributed by atoms with Gasteiger partial charge in [0.25, 0.3) is 0 Å². The zero-order chi connectivity index (χ0) is 20.6. The van der Waals surface area contributed by atoms with Crippen LogP contribution in [0.5, 0.6) is 0 Å². The first-order chi connectivity index (χ1) is 14.1. The predicted molar refractivity (Wildman–Crippen MR) is 111 cm³/mol. The van der Waals surface area contributed by atoms with Crippen LogP contribution in [0.3, 0.4) is 0 Å². The molecule has 8 heteroatoms. The van der Waals surface area contributed by atoms with Gasteiger partial charge in [-0.15, -0.1) is 0 Å². The van der Waals surface area contributed by atoms with Gasteiger partial charge in [0.05, 0.1) is 24.9 Å². The van der Waals surface area contributed by atoms with Crippen LogP contribution in [0.25, 0.3) is 0 Å². The molecule has 158 valence electrons. The van der Waals surface area contributed by atoms with E-state index in [0.717, 1.165) is 54.6 Å². The third-order valence-corrected chi connectivity index (χ3v) is 5.28. The van der Waals surface area contributed by atoms with Crippen LogP contribution in [-0.4, -0.2) is 62.5 Å². The van der Waals surface area contributed by atoms with Crippen LogP contribution in [-0.2, 0) is 11.2 Å². The van der Waals surface area contributed by atoms with Gasteiger partial charge in [0.2, 0.25) is 0 Å². The number of nitrogens with zero attached hydrogens (tertiary/aromatic N) is 3. The van der Waals surface area contributed by atoms with Crippen LogP contribution >= 0.6 is 0 Å². The summed E-state index contributed by atoms with van der Waals surface area (Å²) in [7, 11) is 1.76. The second-order valence-corrected chi connectivity index (χ2v) is 7.15. The topological polar surface area (TPSA) is 74.9 Å². The fraction of sp³-hybridized carbons (Fsp3) is 0.524. The highest BCUT2D eigenvalue weighted by Gasteiger charge is 2.23. The minimum Gasteiger partial charge on any atom is -0.379 e. The molecule has 0 aliphatic carbocycles. The maximum absolute atomic E-state index is 13.4. The van der Waals surface area contributed by atoms with Crippen molar-refractivity contribution in [3.8, 4) is 0 Å². The van der Waals surface area contributed by atoms with E-state index in [-0.39, 0.29) is 11.9 Å². The van der Waals surface area contributed by atoms with Gasteiger partial charge >= 0.3 is 0 Å². The molecule has 1 atom stereocenters. The smallest absolute Gasteiger partial charge is 0.191 e. The van der Waals surface area contributed by atoms with Gasteiger partial charge in [-0.3, -0.25) is 9.89 Å². The van der Waals surface area contributed by atoms with Gasteiger partial charge in [-0.05, 0) is 38.0 Å². The number of aryl methyl sites for hydroxylation is 2. The van der Waals surface area contributed by atoms with E-state index in [1.807, 2.05) is 26.0 Å². The lowest BCUT2D eigenvalue weighted by Gasteiger charge is -2.35. The lowest BCUT2D eigenvalue weighted by atomic mass is 10.0. The van der Waals surface area contributed by atoms with Gasteiger partial charge < -0.3 is 19.9 Å². The van der Waals surface area contributed by atoms with Gasteiger partial charge in [-0.2, -0.15) is 0 Å². The summed E-state index contributed by atoms with van der Waals surface area (Å²) in [5.74, 6) is 1.37. The van der Waals surface area contributed by atoms with Crippen molar-refractivity contribution in [2.75, 3.05) is 46.4 Å². The molecule has 0 amide bonds. The number of guanidine groups is 1.